The van der Waals surface area contributed by atoms with Crippen LogP contribution in [0.25, 0.3) is 0 Å². The van der Waals surface area contributed by atoms with E-state index in [1.54, 1.807) is 21.8 Å². The molecule has 1 amide bonds. The van der Waals surface area contributed by atoms with Crippen LogP contribution in [0.15, 0.2) is 35.0 Å². The third-order valence-corrected chi connectivity index (χ3v) is 3.86. The molecule has 2 aromatic heterocycles. The average molecular weight is 289 g/mol. The Labute approximate surface area is 123 Å². The molecular formula is C15H19N3O3. The largest absolute Gasteiger partial charge is 0.454 e. The molecule has 1 aliphatic heterocycles. The highest BCUT2D eigenvalue weighted by Crippen LogP contribution is 2.22. The Kier molecular flexibility index (Phi) is 4.06. The Balaban J connectivity index is 1.62. The first-order valence-electron chi connectivity index (χ1n) is 7.22. The maximum Gasteiger partial charge on any atom is 0.289 e. The first-order chi connectivity index (χ1) is 10.3. The molecule has 112 valence electrons. The summed E-state index contributed by atoms with van der Waals surface area (Å²) in [5.74, 6) is 1.43. The minimum absolute atomic E-state index is 0.0674. The predicted molar refractivity (Wildman–Crippen MR) is 75.8 cm³/mol. The van der Waals surface area contributed by atoms with Crippen LogP contribution in [-0.2, 0) is 6.54 Å². The molecule has 3 heterocycles. The first-order valence-corrected chi connectivity index (χ1v) is 7.22. The number of aliphatic hydroxyl groups is 1. The fourth-order valence-electron chi connectivity index (χ4n) is 2.72. The minimum Gasteiger partial charge on any atom is -0.454 e. The van der Waals surface area contributed by atoms with E-state index in [9.17, 15) is 4.79 Å². The van der Waals surface area contributed by atoms with Gasteiger partial charge >= 0.3 is 0 Å². The standard InChI is InChI=1S/C15H19N3O3/c19-9-5-12-4-8-17(10-12)15(20)14-3-2-13(21-14)11-18-7-1-6-16-18/h1-3,6-7,12,19H,4-5,8-11H2. The quantitative estimate of drug-likeness (QED) is 0.902. The number of likely N-dealkylation sites (tertiary alicyclic amines) is 1. The third-order valence-electron chi connectivity index (χ3n) is 3.86. The lowest BCUT2D eigenvalue weighted by atomic mass is 10.1. The van der Waals surface area contributed by atoms with Gasteiger partial charge in [-0.25, -0.2) is 0 Å². The van der Waals surface area contributed by atoms with E-state index in [0.717, 1.165) is 19.4 Å². The van der Waals surface area contributed by atoms with E-state index < -0.39 is 0 Å². The molecule has 1 fully saturated rings. The summed E-state index contributed by atoms with van der Waals surface area (Å²) in [5, 5.41) is 13.1. The lowest BCUT2D eigenvalue weighted by Gasteiger charge is -2.14. The van der Waals surface area contributed by atoms with E-state index >= 15 is 0 Å². The second-order valence-corrected chi connectivity index (χ2v) is 5.39. The van der Waals surface area contributed by atoms with Gasteiger partial charge in [0.25, 0.3) is 5.91 Å². The van der Waals surface area contributed by atoms with Crippen LogP contribution in [0.2, 0.25) is 0 Å². The molecule has 0 bridgehead atoms. The van der Waals surface area contributed by atoms with Crippen LogP contribution in [0.5, 0.6) is 0 Å². The number of aromatic nitrogens is 2. The highest BCUT2D eigenvalue weighted by Gasteiger charge is 2.28. The molecule has 6 nitrogen and oxygen atoms in total. The molecule has 1 saturated heterocycles. The second-order valence-electron chi connectivity index (χ2n) is 5.39. The summed E-state index contributed by atoms with van der Waals surface area (Å²) in [6.45, 7) is 2.14. The number of hydrogen-bond acceptors (Lipinski definition) is 4. The molecular weight excluding hydrogens is 270 g/mol. The molecule has 1 aliphatic rings. The van der Waals surface area contributed by atoms with Crippen LogP contribution in [0.1, 0.15) is 29.2 Å². The summed E-state index contributed by atoms with van der Waals surface area (Å²) in [5.41, 5.74) is 0. The number of carbonyl (C=O) groups is 1. The highest BCUT2D eigenvalue weighted by molar-refractivity contribution is 5.91. The van der Waals surface area contributed by atoms with Crippen molar-refractivity contribution in [3.05, 3.63) is 42.1 Å². The Morgan fingerprint density at radius 3 is 3.14 bits per heavy atom. The van der Waals surface area contributed by atoms with Crippen LogP contribution in [-0.4, -0.2) is 45.4 Å². The third kappa shape index (κ3) is 3.16. The van der Waals surface area contributed by atoms with Gasteiger partial charge < -0.3 is 14.4 Å². The smallest absolute Gasteiger partial charge is 0.289 e. The van der Waals surface area contributed by atoms with E-state index in [1.165, 1.54) is 0 Å². The van der Waals surface area contributed by atoms with E-state index in [1.807, 2.05) is 18.3 Å². The van der Waals surface area contributed by atoms with Crippen molar-refractivity contribution in [2.24, 2.45) is 5.92 Å². The van der Waals surface area contributed by atoms with Crippen molar-refractivity contribution < 1.29 is 14.3 Å². The molecule has 6 heteroatoms. The first kappa shape index (κ1) is 13.9. The normalized spacial score (nSPS) is 18.3. The summed E-state index contributed by atoms with van der Waals surface area (Å²) in [6, 6.07) is 5.39. The SMILES string of the molecule is O=C(c1ccc(Cn2cccn2)o1)N1CCC(CCO)C1. The fourth-order valence-corrected chi connectivity index (χ4v) is 2.72. The van der Waals surface area contributed by atoms with Crippen molar-refractivity contribution in [3.63, 3.8) is 0 Å². The van der Waals surface area contributed by atoms with Crippen LogP contribution in [0.3, 0.4) is 0 Å². The van der Waals surface area contributed by atoms with Gasteiger partial charge in [-0.1, -0.05) is 0 Å². The number of aliphatic hydroxyl groups excluding tert-OH is 1. The Morgan fingerprint density at radius 1 is 1.48 bits per heavy atom. The molecule has 0 spiro atoms. The molecule has 0 aromatic carbocycles. The van der Waals surface area contributed by atoms with Gasteiger partial charge in [-0.05, 0) is 37.0 Å². The van der Waals surface area contributed by atoms with E-state index in [-0.39, 0.29) is 12.5 Å². The lowest BCUT2D eigenvalue weighted by Crippen LogP contribution is -2.28. The Hall–Kier alpha value is -2.08. The molecule has 0 aliphatic carbocycles. The Bertz CT molecular complexity index is 591. The number of hydrogen-bond donors (Lipinski definition) is 1. The maximum atomic E-state index is 12.4. The van der Waals surface area contributed by atoms with Crippen molar-refractivity contribution in [2.45, 2.75) is 19.4 Å². The topological polar surface area (TPSA) is 71.5 Å². The van der Waals surface area contributed by atoms with E-state index in [4.69, 9.17) is 9.52 Å². The molecule has 0 saturated carbocycles. The monoisotopic (exact) mass is 289 g/mol. The van der Waals surface area contributed by atoms with Gasteiger partial charge in [0.1, 0.15) is 5.76 Å². The van der Waals surface area contributed by atoms with Crippen LogP contribution in [0.4, 0.5) is 0 Å². The van der Waals surface area contributed by atoms with Crippen LogP contribution < -0.4 is 0 Å². The number of carbonyl (C=O) groups excluding carboxylic acids is 1. The van der Waals surface area contributed by atoms with Gasteiger partial charge in [0.05, 0.1) is 6.54 Å². The second kappa shape index (κ2) is 6.13. The van der Waals surface area contributed by atoms with Gasteiger partial charge in [0.15, 0.2) is 5.76 Å². The average Bonchev–Trinajstić information content (AvgIpc) is 3.20. The summed E-state index contributed by atoms with van der Waals surface area (Å²) in [7, 11) is 0. The minimum atomic E-state index is -0.0674. The highest BCUT2D eigenvalue weighted by atomic mass is 16.4. The summed E-state index contributed by atoms with van der Waals surface area (Å²) < 4.78 is 7.38. The number of nitrogens with zero attached hydrogens (tertiary/aromatic N) is 3. The molecule has 1 unspecified atom stereocenters. The molecule has 1 N–H and O–H groups in total. The van der Waals surface area contributed by atoms with Gasteiger partial charge in [0, 0.05) is 32.1 Å². The Morgan fingerprint density at radius 2 is 2.38 bits per heavy atom. The van der Waals surface area contributed by atoms with Crippen LogP contribution >= 0.6 is 0 Å². The van der Waals surface area contributed by atoms with E-state index in [0.29, 0.717) is 30.5 Å². The summed E-state index contributed by atoms with van der Waals surface area (Å²) in [4.78, 5) is 14.2. The number of furan rings is 1. The molecule has 1 atom stereocenters. The zero-order valence-corrected chi connectivity index (χ0v) is 11.8. The number of rotatable bonds is 5. The van der Waals surface area contributed by atoms with Gasteiger partial charge in [-0.15, -0.1) is 0 Å². The summed E-state index contributed by atoms with van der Waals surface area (Å²) in [6.07, 6.45) is 5.27. The number of amides is 1. The zero-order chi connectivity index (χ0) is 14.7. The maximum absolute atomic E-state index is 12.4. The van der Waals surface area contributed by atoms with Crippen molar-refractivity contribution >= 4 is 5.91 Å². The zero-order valence-electron chi connectivity index (χ0n) is 11.8. The van der Waals surface area contributed by atoms with Gasteiger partial charge in [0.2, 0.25) is 0 Å². The van der Waals surface area contributed by atoms with Crippen molar-refractivity contribution in [3.8, 4) is 0 Å². The fraction of sp³-hybridized carbons (Fsp3) is 0.467. The van der Waals surface area contributed by atoms with Gasteiger partial charge in [-0.3, -0.25) is 9.48 Å². The van der Waals surface area contributed by atoms with Crippen molar-refractivity contribution in [2.75, 3.05) is 19.7 Å². The molecule has 2 aromatic rings. The van der Waals surface area contributed by atoms with Crippen molar-refractivity contribution in [1.29, 1.82) is 0 Å². The van der Waals surface area contributed by atoms with E-state index in [2.05, 4.69) is 5.10 Å². The molecule has 3 rings (SSSR count). The molecule has 21 heavy (non-hydrogen) atoms. The van der Waals surface area contributed by atoms with Crippen molar-refractivity contribution in [1.82, 2.24) is 14.7 Å². The predicted octanol–water partition coefficient (Wildman–Crippen LogP) is 1.37. The summed E-state index contributed by atoms with van der Waals surface area (Å²) >= 11 is 0. The van der Waals surface area contributed by atoms with Gasteiger partial charge in [-0.2, -0.15) is 5.10 Å². The van der Waals surface area contributed by atoms with Crippen LogP contribution in [0, 0.1) is 5.92 Å². The lowest BCUT2D eigenvalue weighted by molar-refractivity contribution is 0.0751. The molecule has 0 radical (unpaired) electrons.